The highest BCUT2D eigenvalue weighted by Gasteiger charge is 2.57. The summed E-state index contributed by atoms with van der Waals surface area (Å²) in [5.74, 6) is 0.0789. The Morgan fingerprint density at radius 3 is 2.94 bits per heavy atom. The first-order valence-corrected chi connectivity index (χ1v) is 11.6. The summed E-state index contributed by atoms with van der Waals surface area (Å²) in [6, 6.07) is 4.40. The topological polar surface area (TPSA) is 121 Å². The summed E-state index contributed by atoms with van der Waals surface area (Å²) in [6.45, 7) is 3.83. The largest absolute Gasteiger partial charge is 0.474 e. The Morgan fingerprint density at radius 1 is 1.36 bits per heavy atom. The molecular weight excluding hydrogens is 449 g/mol. The van der Waals surface area contributed by atoms with E-state index in [2.05, 4.69) is 20.3 Å². The number of aliphatic imine (C=N–C) groups is 1. The number of rotatable bonds is 6. The molecule has 2 fully saturated rings. The van der Waals surface area contributed by atoms with Crippen molar-refractivity contribution in [3.8, 4) is 5.88 Å². The summed E-state index contributed by atoms with van der Waals surface area (Å²) in [5.41, 5.74) is 5.51. The molecular formula is C22H24FN5O4S. The van der Waals surface area contributed by atoms with E-state index in [4.69, 9.17) is 19.9 Å². The number of amidine groups is 1. The molecule has 1 amide bonds. The third kappa shape index (κ3) is 4.04. The zero-order valence-electron chi connectivity index (χ0n) is 18.0. The van der Waals surface area contributed by atoms with Gasteiger partial charge in [0, 0.05) is 35.4 Å². The van der Waals surface area contributed by atoms with Crippen LogP contribution in [0.4, 0.5) is 10.1 Å². The number of nitrogens with two attached hydrogens (primary N) is 1. The van der Waals surface area contributed by atoms with Crippen molar-refractivity contribution in [3.05, 3.63) is 47.7 Å². The van der Waals surface area contributed by atoms with Crippen molar-refractivity contribution in [2.45, 2.75) is 25.0 Å². The maximum absolute atomic E-state index is 15.0. The summed E-state index contributed by atoms with van der Waals surface area (Å²) in [7, 11) is 0. The van der Waals surface area contributed by atoms with Crippen LogP contribution in [0.1, 0.15) is 29.4 Å². The van der Waals surface area contributed by atoms with Gasteiger partial charge in [0.25, 0.3) is 5.91 Å². The highest BCUT2D eigenvalue weighted by Crippen LogP contribution is 2.53. The van der Waals surface area contributed by atoms with E-state index in [0.29, 0.717) is 41.3 Å². The number of carbonyl (C=O) groups excluding carboxylic acids is 1. The summed E-state index contributed by atoms with van der Waals surface area (Å²) in [5, 5.41) is 3.16. The summed E-state index contributed by atoms with van der Waals surface area (Å²) in [4.78, 5) is 25.6. The molecule has 3 N–H and O–H groups in total. The number of aromatic nitrogens is 2. The molecule has 1 aromatic heterocycles. The molecule has 1 aromatic carbocycles. The number of amides is 1. The van der Waals surface area contributed by atoms with Crippen molar-refractivity contribution in [1.82, 2.24) is 9.97 Å². The molecule has 11 heteroatoms. The van der Waals surface area contributed by atoms with Gasteiger partial charge in [0.1, 0.15) is 23.7 Å². The van der Waals surface area contributed by atoms with Gasteiger partial charge in [0.15, 0.2) is 5.17 Å². The fraction of sp³-hybridized carbons (Fsp3) is 0.455. The number of anilines is 1. The Morgan fingerprint density at radius 2 is 2.21 bits per heavy atom. The molecule has 5 rings (SSSR count). The molecule has 1 unspecified atom stereocenters. The smallest absolute Gasteiger partial charge is 0.275 e. The quantitative estimate of drug-likeness (QED) is 0.656. The van der Waals surface area contributed by atoms with E-state index < -0.39 is 22.7 Å². The number of halogens is 1. The van der Waals surface area contributed by atoms with E-state index >= 15 is 4.39 Å². The third-order valence-electron chi connectivity index (χ3n) is 6.31. The second-order valence-corrected chi connectivity index (χ2v) is 9.63. The monoisotopic (exact) mass is 473 g/mol. The minimum atomic E-state index is -0.948. The van der Waals surface area contributed by atoms with Crippen molar-refractivity contribution in [3.63, 3.8) is 0 Å². The first-order valence-electron chi connectivity index (χ1n) is 10.6. The Kier molecular flexibility index (Phi) is 5.71. The van der Waals surface area contributed by atoms with Gasteiger partial charge in [0.2, 0.25) is 5.88 Å². The van der Waals surface area contributed by atoms with Crippen LogP contribution in [0.5, 0.6) is 5.88 Å². The molecule has 4 heterocycles. The molecule has 0 spiro atoms. The van der Waals surface area contributed by atoms with Gasteiger partial charge in [-0.2, -0.15) is 0 Å². The predicted octanol–water partition coefficient (Wildman–Crippen LogP) is 2.33. The van der Waals surface area contributed by atoms with Crippen LogP contribution < -0.4 is 15.8 Å². The van der Waals surface area contributed by atoms with Crippen LogP contribution in [0.3, 0.4) is 0 Å². The normalized spacial score (nSPS) is 28.4. The fourth-order valence-electron chi connectivity index (χ4n) is 4.18. The van der Waals surface area contributed by atoms with Crippen molar-refractivity contribution in [2.75, 3.05) is 37.5 Å². The zero-order valence-corrected chi connectivity index (χ0v) is 18.9. The number of benzene rings is 1. The molecule has 3 atom stereocenters. The molecule has 0 radical (unpaired) electrons. The molecule has 0 aliphatic carbocycles. The number of carbonyl (C=O) groups is 1. The van der Waals surface area contributed by atoms with Gasteiger partial charge in [-0.3, -0.25) is 4.79 Å². The minimum Gasteiger partial charge on any atom is -0.474 e. The lowest BCUT2D eigenvalue weighted by atomic mass is 9.70. The molecule has 9 nitrogen and oxygen atoms in total. The third-order valence-corrected chi connectivity index (χ3v) is 7.48. The summed E-state index contributed by atoms with van der Waals surface area (Å²) < 4.78 is 31.6. The number of hydrogen-bond donors (Lipinski definition) is 2. The molecule has 0 saturated carbocycles. The van der Waals surface area contributed by atoms with Crippen molar-refractivity contribution in [1.29, 1.82) is 0 Å². The van der Waals surface area contributed by atoms with Gasteiger partial charge in [0.05, 0.1) is 31.7 Å². The Hall–Kier alpha value is -2.76. The summed E-state index contributed by atoms with van der Waals surface area (Å²) in [6.07, 6.45) is 3.76. The molecule has 174 valence electrons. The molecule has 3 aliphatic heterocycles. The van der Waals surface area contributed by atoms with Crippen LogP contribution in [-0.2, 0) is 15.0 Å². The number of hydrogen-bond acceptors (Lipinski definition) is 9. The lowest BCUT2D eigenvalue weighted by Gasteiger charge is -2.42. The van der Waals surface area contributed by atoms with Gasteiger partial charge in [-0.1, -0.05) is 18.7 Å². The second-order valence-electron chi connectivity index (χ2n) is 8.63. The maximum Gasteiger partial charge on any atom is 0.275 e. The van der Waals surface area contributed by atoms with Crippen LogP contribution in [-0.4, -0.2) is 59.3 Å². The van der Waals surface area contributed by atoms with Crippen LogP contribution >= 0.6 is 11.8 Å². The Balaban J connectivity index is 1.34. The highest BCUT2D eigenvalue weighted by atomic mass is 32.2. The Labute approximate surface area is 194 Å². The van der Waals surface area contributed by atoms with Gasteiger partial charge < -0.3 is 25.3 Å². The van der Waals surface area contributed by atoms with Gasteiger partial charge in [-0.05, 0) is 18.2 Å². The fourth-order valence-corrected chi connectivity index (χ4v) is 5.19. The van der Waals surface area contributed by atoms with E-state index in [1.54, 1.807) is 6.07 Å². The molecule has 2 aromatic rings. The maximum atomic E-state index is 15.0. The van der Waals surface area contributed by atoms with Crippen LogP contribution in [0.2, 0.25) is 0 Å². The van der Waals surface area contributed by atoms with Crippen molar-refractivity contribution < 1.29 is 23.4 Å². The first-order chi connectivity index (χ1) is 15.9. The average Bonchev–Trinajstić information content (AvgIpc) is 3.11. The number of thioether (sulfide) groups is 1. The molecule has 2 saturated heterocycles. The van der Waals surface area contributed by atoms with Gasteiger partial charge in [-0.25, -0.2) is 19.4 Å². The van der Waals surface area contributed by atoms with Crippen LogP contribution in [0, 0.1) is 11.2 Å². The standard InChI is InChI=1S/C22H24FN5O4S/c1-21-10-30-11-22(21,28-20(24)33-12-21)15-6-13(2-3-16(15)23)27-19(29)17-7-26-18(8-25-17)32-9-14-4-5-31-14/h2-3,6-8,14H,4-5,9-12H2,1H3,(H2,24,28)(H,27,29)/t14?,21-,22+/m0/s1. The molecule has 0 bridgehead atoms. The minimum absolute atomic E-state index is 0.0801. The average molecular weight is 474 g/mol. The number of nitrogens with one attached hydrogen (secondary N) is 1. The Bertz CT molecular complexity index is 1100. The first kappa shape index (κ1) is 22.1. The van der Waals surface area contributed by atoms with E-state index in [9.17, 15) is 4.79 Å². The van der Waals surface area contributed by atoms with Crippen molar-refractivity contribution >= 4 is 28.5 Å². The van der Waals surface area contributed by atoms with Crippen LogP contribution in [0.15, 0.2) is 35.6 Å². The van der Waals surface area contributed by atoms with Crippen molar-refractivity contribution in [2.24, 2.45) is 16.1 Å². The van der Waals surface area contributed by atoms with Gasteiger partial charge >= 0.3 is 0 Å². The molecule has 33 heavy (non-hydrogen) atoms. The number of nitrogens with zero attached hydrogens (tertiary/aromatic N) is 3. The van der Waals surface area contributed by atoms with Gasteiger partial charge in [-0.15, -0.1) is 0 Å². The van der Waals surface area contributed by atoms with Crippen LogP contribution in [0.25, 0.3) is 0 Å². The zero-order chi connectivity index (χ0) is 23.1. The number of fused-ring (bicyclic) bond motifs is 1. The number of ether oxygens (including phenoxy) is 3. The predicted molar refractivity (Wildman–Crippen MR) is 121 cm³/mol. The molecule has 3 aliphatic rings. The highest BCUT2D eigenvalue weighted by molar-refractivity contribution is 8.13. The SMILES string of the molecule is C[C@@]12COC[C@]1(c1cc(NC(=O)c3cnc(OCC4CCO4)cn3)ccc1F)N=C(N)SC2. The lowest BCUT2D eigenvalue weighted by Crippen LogP contribution is -2.48. The lowest BCUT2D eigenvalue weighted by molar-refractivity contribution is -0.0727. The van der Waals surface area contributed by atoms with E-state index in [-0.39, 0.29) is 18.4 Å². The van der Waals surface area contributed by atoms with E-state index in [1.807, 2.05) is 6.92 Å². The summed E-state index contributed by atoms with van der Waals surface area (Å²) >= 11 is 1.44. The van der Waals surface area contributed by atoms with E-state index in [1.165, 1.54) is 36.3 Å². The second kappa shape index (κ2) is 8.54. The van der Waals surface area contributed by atoms with E-state index in [0.717, 1.165) is 13.0 Å².